The highest BCUT2D eigenvalue weighted by Crippen LogP contribution is 2.17. The lowest BCUT2D eigenvalue weighted by atomic mass is 9.96. The Kier molecular flexibility index (Phi) is 6.17. The minimum absolute atomic E-state index is 0.337. The largest absolute Gasteiger partial charge is 0.376 e. The topological polar surface area (TPSA) is 45.3 Å². The van der Waals surface area contributed by atoms with E-state index in [-0.39, 0.29) is 0 Å². The Hall–Kier alpha value is -0.390. The van der Waals surface area contributed by atoms with Crippen LogP contribution in [-0.2, 0) is 4.74 Å². The molecule has 1 saturated heterocycles. The Morgan fingerprint density at radius 1 is 1.28 bits per heavy atom. The van der Waals surface area contributed by atoms with Crippen molar-refractivity contribution in [3.05, 3.63) is 0 Å². The predicted octanol–water partition coefficient (Wildman–Crippen LogP) is 1.16. The predicted molar refractivity (Wildman–Crippen MR) is 77.8 cm³/mol. The second-order valence-corrected chi connectivity index (χ2v) is 5.63. The normalized spacial score (nSPS) is 25.7. The summed E-state index contributed by atoms with van der Waals surface area (Å²) in [5.74, 6) is 0. The Bertz CT molecular complexity index is 251. The van der Waals surface area contributed by atoms with Gasteiger partial charge in [-0.2, -0.15) is 0 Å². The summed E-state index contributed by atoms with van der Waals surface area (Å²) in [5.41, 5.74) is 0. The Labute approximate surface area is 115 Å². The molecule has 2 rings (SSSR count). The Balaban J connectivity index is 1.53. The van der Waals surface area contributed by atoms with Crippen molar-refractivity contribution in [3.8, 4) is 0 Å². The van der Waals surface area contributed by atoms with E-state index in [0.29, 0.717) is 12.1 Å². The monoisotopic (exact) mass is 271 g/mol. The summed E-state index contributed by atoms with van der Waals surface area (Å²) in [5, 5.41) is 10.9. The molecule has 18 heavy (non-hydrogen) atoms. The van der Waals surface area contributed by atoms with E-state index in [4.69, 9.17) is 17.0 Å². The minimum atomic E-state index is 0.337. The van der Waals surface area contributed by atoms with Crippen LogP contribution in [0.5, 0.6) is 0 Å². The number of ether oxygens (including phenoxy) is 1. The van der Waals surface area contributed by atoms with Crippen LogP contribution >= 0.6 is 12.2 Å². The molecule has 1 atom stereocenters. The van der Waals surface area contributed by atoms with Crippen LogP contribution < -0.4 is 16.0 Å². The standard InChI is InChI=1S/C13H25N3OS/c18-13(16-11-4-2-1-3-5-11)15-7-6-12-10-14-8-9-17-12/h11-12,14H,1-10H2,(H2,15,16,18). The smallest absolute Gasteiger partial charge is 0.166 e. The molecule has 0 spiro atoms. The van der Waals surface area contributed by atoms with E-state index in [1.807, 2.05) is 0 Å². The van der Waals surface area contributed by atoms with Crippen LogP contribution in [0.3, 0.4) is 0 Å². The summed E-state index contributed by atoms with van der Waals surface area (Å²) in [6, 6.07) is 0.589. The third-order valence-electron chi connectivity index (χ3n) is 3.70. The molecule has 1 aliphatic heterocycles. The van der Waals surface area contributed by atoms with Crippen LogP contribution in [0.1, 0.15) is 38.5 Å². The molecule has 5 heteroatoms. The average molecular weight is 271 g/mol. The first-order chi connectivity index (χ1) is 8.84. The number of nitrogens with one attached hydrogen (secondary N) is 3. The lowest BCUT2D eigenvalue weighted by Crippen LogP contribution is -2.45. The molecule has 0 aromatic carbocycles. The van der Waals surface area contributed by atoms with Gasteiger partial charge in [0.25, 0.3) is 0 Å². The maximum Gasteiger partial charge on any atom is 0.166 e. The minimum Gasteiger partial charge on any atom is -0.376 e. The van der Waals surface area contributed by atoms with Gasteiger partial charge >= 0.3 is 0 Å². The summed E-state index contributed by atoms with van der Waals surface area (Å²) in [6.45, 7) is 3.66. The van der Waals surface area contributed by atoms with Gasteiger partial charge in [0.2, 0.25) is 0 Å². The third-order valence-corrected chi connectivity index (χ3v) is 3.96. The van der Waals surface area contributed by atoms with Gasteiger partial charge < -0.3 is 20.7 Å². The van der Waals surface area contributed by atoms with Crippen LogP contribution in [0.2, 0.25) is 0 Å². The van der Waals surface area contributed by atoms with E-state index in [1.54, 1.807) is 0 Å². The summed E-state index contributed by atoms with van der Waals surface area (Å²) < 4.78 is 5.64. The van der Waals surface area contributed by atoms with Crippen molar-refractivity contribution < 1.29 is 4.74 Å². The SMILES string of the molecule is S=C(NCCC1CNCCO1)NC1CCCCC1. The number of thiocarbonyl (C=S) groups is 1. The van der Waals surface area contributed by atoms with Gasteiger partial charge in [-0.3, -0.25) is 0 Å². The molecule has 0 aromatic heterocycles. The first-order valence-electron chi connectivity index (χ1n) is 7.21. The fourth-order valence-electron chi connectivity index (χ4n) is 2.64. The van der Waals surface area contributed by atoms with Gasteiger partial charge in [-0.05, 0) is 31.5 Å². The van der Waals surface area contributed by atoms with Gasteiger partial charge in [-0.25, -0.2) is 0 Å². The van der Waals surface area contributed by atoms with Gasteiger partial charge in [0, 0.05) is 25.7 Å². The molecule has 104 valence electrons. The maximum atomic E-state index is 5.64. The van der Waals surface area contributed by atoms with Crippen molar-refractivity contribution in [3.63, 3.8) is 0 Å². The molecule has 3 N–H and O–H groups in total. The van der Waals surface area contributed by atoms with Crippen molar-refractivity contribution in [2.24, 2.45) is 0 Å². The van der Waals surface area contributed by atoms with E-state index in [0.717, 1.165) is 37.8 Å². The molecular formula is C13H25N3OS. The van der Waals surface area contributed by atoms with E-state index in [1.165, 1.54) is 32.1 Å². The second-order valence-electron chi connectivity index (χ2n) is 5.22. The molecule has 0 amide bonds. The van der Waals surface area contributed by atoms with Crippen molar-refractivity contribution in [1.82, 2.24) is 16.0 Å². The van der Waals surface area contributed by atoms with E-state index >= 15 is 0 Å². The van der Waals surface area contributed by atoms with Crippen molar-refractivity contribution in [2.45, 2.75) is 50.7 Å². The molecule has 0 aromatic rings. The average Bonchev–Trinajstić information content (AvgIpc) is 2.41. The molecular weight excluding hydrogens is 246 g/mol. The Morgan fingerprint density at radius 2 is 2.11 bits per heavy atom. The molecule has 0 bridgehead atoms. The summed E-state index contributed by atoms with van der Waals surface area (Å²) in [7, 11) is 0. The highest BCUT2D eigenvalue weighted by Gasteiger charge is 2.15. The van der Waals surface area contributed by atoms with Crippen molar-refractivity contribution >= 4 is 17.3 Å². The summed E-state index contributed by atoms with van der Waals surface area (Å²) in [4.78, 5) is 0. The lowest BCUT2D eigenvalue weighted by Gasteiger charge is -2.26. The summed E-state index contributed by atoms with van der Waals surface area (Å²) in [6.07, 6.45) is 7.92. The Morgan fingerprint density at radius 3 is 2.83 bits per heavy atom. The van der Waals surface area contributed by atoms with Crippen LogP contribution in [0.4, 0.5) is 0 Å². The molecule has 1 heterocycles. The highest BCUT2D eigenvalue weighted by molar-refractivity contribution is 7.80. The quantitative estimate of drug-likeness (QED) is 0.670. The van der Waals surface area contributed by atoms with Crippen molar-refractivity contribution in [1.29, 1.82) is 0 Å². The first-order valence-corrected chi connectivity index (χ1v) is 7.62. The molecule has 1 saturated carbocycles. The fraction of sp³-hybridized carbons (Fsp3) is 0.923. The number of hydrogen-bond acceptors (Lipinski definition) is 3. The lowest BCUT2D eigenvalue weighted by molar-refractivity contribution is 0.0245. The highest BCUT2D eigenvalue weighted by atomic mass is 32.1. The van der Waals surface area contributed by atoms with Crippen LogP contribution in [0.15, 0.2) is 0 Å². The zero-order chi connectivity index (χ0) is 12.6. The van der Waals surface area contributed by atoms with Gasteiger partial charge in [0.15, 0.2) is 5.11 Å². The van der Waals surface area contributed by atoms with Gasteiger partial charge in [0.1, 0.15) is 0 Å². The molecule has 1 unspecified atom stereocenters. The zero-order valence-electron chi connectivity index (χ0n) is 11.0. The first kappa shape index (κ1) is 14.0. The molecule has 2 fully saturated rings. The van der Waals surface area contributed by atoms with Crippen LogP contribution in [-0.4, -0.2) is 43.5 Å². The third kappa shape index (κ3) is 5.08. The molecule has 4 nitrogen and oxygen atoms in total. The molecule has 1 aliphatic carbocycles. The van der Waals surface area contributed by atoms with E-state index in [9.17, 15) is 0 Å². The zero-order valence-corrected chi connectivity index (χ0v) is 11.9. The van der Waals surface area contributed by atoms with Gasteiger partial charge in [-0.1, -0.05) is 19.3 Å². The van der Waals surface area contributed by atoms with Gasteiger partial charge in [0.05, 0.1) is 12.7 Å². The van der Waals surface area contributed by atoms with Crippen LogP contribution in [0, 0.1) is 0 Å². The molecule has 2 aliphatic rings. The van der Waals surface area contributed by atoms with E-state index in [2.05, 4.69) is 16.0 Å². The number of rotatable bonds is 4. The number of hydrogen-bond donors (Lipinski definition) is 3. The number of morpholine rings is 1. The van der Waals surface area contributed by atoms with Crippen molar-refractivity contribution in [2.75, 3.05) is 26.2 Å². The summed E-state index contributed by atoms with van der Waals surface area (Å²) >= 11 is 5.32. The van der Waals surface area contributed by atoms with E-state index < -0.39 is 0 Å². The molecule has 0 radical (unpaired) electrons. The second kappa shape index (κ2) is 7.92. The van der Waals surface area contributed by atoms with Gasteiger partial charge in [-0.15, -0.1) is 0 Å². The fourth-order valence-corrected chi connectivity index (χ4v) is 2.90. The maximum absolute atomic E-state index is 5.64. The van der Waals surface area contributed by atoms with Crippen LogP contribution in [0.25, 0.3) is 0 Å².